The van der Waals surface area contributed by atoms with E-state index in [4.69, 9.17) is 0 Å². The summed E-state index contributed by atoms with van der Waals surface area (Å²) in [6, 6.07) is 14.8. The summed E-state index contributed by atoms with van der Waals surface area (Å²) < 4.78 is 3.22. The molecule has 0 unspecified atom stereocenters. The van der Waals surface area contributed by atoms with Crippen molar-refractivity contribution in [3.8, 4) is 5.69 Å². The molecule has 118 valence electrons. The second-order valence-electron chi connectivity index (χ2n) is 5.55. The van der Waals surface area contributed by atoms with Crippen molar-refractivity contribution in [3.05, 3.63) is 69.5 Å². The van der Waals surface area contributed by atoms with E-state index in [9.17, 15) is 0 Å². The molecule has 1 aromatic heterocycles. The zero-order valence-corrected chi connectivity index (χ0v) is 15.8. The number of halogens is 1. The lowest BCUT2D eigenvalue weighted by Gasteiger charge is -2.10. The van der Waals surface area contributed by atoms with Gasteiger partial charge in [0.05, 0.1) is 0 Å². The molecule has 0 bridgehead atoms. The first-order valence-corrected chi connectivity index (χ1v) is 9.19. The van der Waals surface area contributed by atoms with Crippen LogP contribution >= 0.6 is 27.7 Å². The molecule has 0 amide bonds. The zero-order valence-electron chi connectivity index (χ0n) is 13.4. The largest absolute Gasteiger partial charge is 0.274 e. The number of nitrogens with zero attached hydrogens (tertiary/aromatic N) is 3. The molecular weight excluding hydrogens is 370 g/mol. The van der Waals surface area contributed by atoms with Gasteiger partial charge in [0, 0.05) is 15.9 Å². The van der Waals surface area contributed by atoms with E-state index in [-0.39, 0.29) is 0 Å². The fourth-order valence-electron chi connectivity index (χ4n) is 2.33. The van der Waals surface area contributed by atoms with Crippen LogP contribution in [0.2, 0.25) is 0 Å². The minimum absolute atomic E-state index is 0.871. The summed E-state index contributed by atoms with van der Waals surface area (Å²) in [5.41, 5.74) is 4.96. The summed E-state index contributed by atoms with van der Waals surface area (Å²) >= 11 is 5.17. The van der Waals surface area contributed by atoms with Gasteiger partial charge in [0.15, 0.2) is 5.16 Å². The minimum atomic E-state index is 0.871. The molecule has 3 nitrogen and oxygen atoms in total. The molecule has 5 heteroatoms. The average Bonchev–Trinajstić information content (AvgIpc) is 2.90. The van der Waals surface area contributed by atoms with Gasteiger partial charge >= 0.3 is 0 Å². The van der Waals surface area contributed by atoms with Gasteiger partial charge in [-0.25, -0.2) is 0 Å². The maximum Gasteiger partial charge on any atom is 0.196 e. The van der Waals surface area contributed by atoms with E-state index in [0.29, 0.717) is 0 Å². The fourth-order valence-corrected chi connectivity index (χ4v) is 3.54. The van der Waals surface area contributed by atoms with Crippen LogP contribution in [0, 0.1) is 20.8 Å². The van der Waals surface area contributed by atoms with Crippen molar-refractivity contribution in [2.75, 3.05) is 0 Å². The third-order valence-electron chi connectivity index (χ3n) is 3.83. The van der Waals surface area contributed by atoms with Gasteiger partial charge in [-0.3, -0.25) is 4.57 Å². The molecule has 0 saturated heterocycles. The molecule has 0 N–H and O–H groups in total. The lowest BCUT2D eigenvalue weighted by Crippen LogP contribution is -2.00. The molecule has 0 atom stereocenters. The molecular formula is C18H18BrN3S. The summed E-state index contributed by atoms with van der Waals surface area (Å²) in [7, 11) is 0. The standard InChI is InChI=1S/C18H18BrN3S/c1-12-4-9-17(10-13(12)2)22-14(3)20-21-18(22)23-11-15-5-7-16(19)8-6-15/h4-10H,11H2,1-3H3. The lowest BCUT2D eigenvalue weighted by atomic mass is 10.1. The second kappa shape index (κ2) is 6.89. The van der Waals surface area contributed by atoms with Gasteiger partial charge in [-0.15, -0.1) is 10.2 Å². The Kier molecular flexibility index (Phi) is 4.87. The highest BCUT2D eigenvalue weighted by molar-refractivity contribution is 9.10. The van der Waals surface area contributed by atoms with Crippen molar-refractivity contribution in [1.29, 1.82) is 0 Å². The summed E-state index contributed by atoms with van der Waals surface area (Å²) in [6.45, 7) is 6.25. The third-order valence-corrected chi connectivity index (χ3v) is 5.35. The molecule has 2 aromatic carbocycles. The van der Waals surface area contributed by atoms with Crippen LogP contribution in [0.5, 0.6) is 0 Å². The summed E-state index contributed by atoms with van der Waals surface area (Å²) in [5, 5.41) is 9.52. The Balaban J connectivity index is 1.86. The lowest BCUT2D eigenvalue weighted by molar-refractivity contribution is 0.866. The molecule has 0 radical (unpaired) electrons. The van der Waals surface area contributed by atoms with E-state index >= 15 is 0 Å². The Morgan fingerprint density at radius 1 is 0.957 bits per heavy atom. The van der Waals surface area contributed by atoms with Crippen LogP contribution in [0.25, 0.3) is 5.69 Å². The number of aromatic nitrogens is 3. The molecule has 0 aliphatic rings. The summed E-state index contributed by atoms with van der Waals surface area (Å²) in [5.74, 6) is 1.78. The van der Waals surface area contributed by atoms with Crippen LogP contribution < -0.4 is 0 Å². The molecule has 1 heterocycles. The maximum absolute atomic E-state index is 4.34. The van der Waals surface area contributed by atoms with Crippen LogP contribution in [0.15, 0.2) is 52.1 Å². The van der Waals surface area contributed by atoms with Crippen molar-refractivity contribution in [2.24, 2.45) is 0 Å². The van der Waals surface area contributed by atoms with E-state index in [1.54, 1.807) is 11.8 Å². The van der Waals surface area contributed by atoms with Gasteiger partial charge in [0.1, 0.15) is 5.82 Å². The third kappa shape index (κ3) is 3.67. The zero-order chi connectivity index (χ0) is 16.4. The number of rotatable bonds is 4. The first-order valence-electron chi connectivity index (χ1n) is 7.41. The Morgan fingerprint density at radius 2 is 1.70 bits per heavy atom. The van der Waals surface area contributed by atoms with Crippen LogP contribution in [-0.4, -0.2) is 14.8 Å². The smallest absolute Gasteiger partial charge is 0.196 e. The monoisotopic (exact) mass is 387 g/mol. The summed E-state index contributed by atoms with van der Waals surface area (Å²) in [4.78, 5) is 0. The quantitative estimate of drug-likeness (QED) is 0.572. The molecule has 0 aliphatic heterocycles. The predicted octanol–water partition coefficient (Wildman–Crippen LogP) is 5.25. The van der Waals surface area contributed by atoms with Crippen LogP contribution in [0.3, 0.4) is 0 Å². The van der Waals surface area contributed by atoms with Crippen LogP contribution in [0.1, 0.15) is 22.5 Å². The number of aryl methyl sites for hydroxylation is 3. The van der Waals surface area contributed by atoms with Gasteiger partial charge in [0.25, 0.3) is 0 Å². The number of hydrogen-bond acceptors (Lipinski definition) is 3. The molecule has 3 rings (SSSR count). The van der Waals surface area contributed by atoms with Crippen molar-refractivity contribution >= 4 is 27.7 Å². The van der Waals surface area contributed by atoms with Crippen LogP contribution in [-0.2, 0) is 5.75 Å². The molecule has 23 heavy (non-hydrogen) atoms. The summed E-state index contributed by atoms with van der Waals surface area (Å²) in [6.07, 6.45) is 0. The fraction of sp³-hybridized carbons (Fsp3) is 0.222. The highest BCUT2D eigenvalue weighted by Crippen LogP contribution is 2.26. The topological polar surface area (TPSA) is 30.7 Å². The van der Waals surface area contributed by atoms with Gasteiger partial charge in [-0.05, 0) is 61.7 Å². The molecule has 0 fully saturated rings. The second-order valence-corrected chi connectivity index (χ2v) is 7.41. The van der Waals surface area contributed by atoms with Crippen LogP contribution in [0.4, 0.5) is 0 Å². The molecule has 3 aromatic rings. The number of benzene rings is 2. The Morgan fingerprint density at radius 3 is 2.39 bits per heavy atom. The van der Waals surface area contributed by atoms with Crippen molar-refractivity contribution in [3.63, 3.8) is 0 Å². The number of thioether (sulfide) groups is 1. The maximum atomic E-state index is 4.34. The molecule has 0 aliphatic carbocycles. The average molecular weight is 388 g/mol. The Labute approximate surface area is 149 Å². The van der Waals surface area contributed by atoms with Crippen molar-refractivity contribution in [2.45, 2.75) is 31.7 Å². The van der Waals surface area contributed by atoms with E-state index < -0.39 is 0 Å². The molecule has 0 saturated carbocycles. The van der Waals surface area contributed by atoms with Gasteiger partial charge in [0.2, 0.25) is 0 Å². The SMILES string of the molecule is Cc1ccc(-n2c(C)nnc2SCc2ccc(Br)cc2)cc1C. The Bertz CT molecular complexity index is 825. The van der Waals surface area contributed by atoms with Crippen molar-refractivity contribution < 1.29 is 0 Å². The predicted molar refractivity (Wildman–Crippen MR) is 99.3 cm³/mol. The first kappa shape index (κ1) is 16.3. The van der Waals surface area contributed by atoms with E-state index in [2.05, 4.69) is 87.0 Å². The minimum Gasteiger partial charge on any atom is -0.274 e. The van der Waals surface area contributed by atoms with E-state index in [1.807, 2.05) is 6.92 Å². The highest BCUT2D eigenvalue weighted by Gasteiger charge is 2.12. The van der Waals surface area contributed by atoms with Crippen molar-refractivity contribution in [1.82, 2.24) is 14.8 Å². The van der Waals surface area contributed by atoms with Gasteiger partial charge < -0.3 is 0 Å². The van der Waals surface area contributed by atoms with E-state index in [1.165, 1.54) is 16.7 Å². The normalized spacial score (nSPS) is 11.0. The van der Waals surface area contributed by atoms with Gasteiger partial charge in [-0.2, -0.15) is 0 Å². The highest BCUT2D eigenvalue weighted by atomic mass is 79.9. The van der Waals surface area contributed by atoms with Gasteiger partial charge in [-0.1, -0.05) is 45.9 Å². The Hall–Kier alpha value is -1.59. The molecule has 0 spiro atoms. The number of hydrogen-bond donors (Lipinski definition) is 0. The van der Waals surface area contributed by atoms with E-state index in [0.717, 1.165) is 26.9 Å². The first-order chi connectivity index (χ1) is 11.0.